The Labute approximate surface area is 98.9 Å². The molecule has 2 aromatic rings. The first-order chi connectivity index (χ1) is 7.63. The molecule has 2 rings (SSSR count). The van der Waals surface area contributed by atoms with E-state index >= 15 is 0 Å². The molecule has 16 heavy (non-hydrogen) atoms. The van der Waals surface area contributed by atoms with Gasteiger partial charge < -0.3 is 5.11 Å². The number of carboxylic acid groups (broad SMARTS) is 1. The third-order valence-electron chi connectivity index (χ3n) is 1.89. The summed E-state index contributed by atoms with van der Waals surface area (Å²) < 4.78 is 0.723. The van der Waals surface area contributed by atoms with E-state index in [1.54, 1.807) is 6.07 Å². The second kappa shape index (κ2) is 3.96. The number of rotatable bonds is 1. The van der Waals surface area contributed by atoms with Crippen LogP contribution in [0.4, 0.5) is 9.80 Å². The minimum Gasteiger partial charge on any atom is -0.465 e. The first-order valence-corrected chi connectivity index (χ1v) is 5.30. The summed E-state index contributed by atoms with van der Waals surface area (Å²) in [6, 6.07) is 3.61. The Kier molecular flexibility index (Phi) is 2.64. The molecule has 0 aliphatic heterocycles. The molecule has 0 spiro atoms. The Balaban J connectivity index is 2.73. The van der Waals surface area contributed by atoms with Crippen LogP contribution in [0.1, 0.15) is 5.56 Å². The molecular formula is C9H4ClN3O2S. The van der Waals surface area contributed by atoms with Crippen LogP contribution in [0, 0.1) is 11.3 Å². The number of halogens is 1. The maximum absolute atomic E-state index is 10.5. The number of anilines is 1. The van der Waals surface area contributed by atoms with Crippen molar-refractivity contribution < 1.29 is 9.90 Å². The molecule has 0 aliphatic rings. The summed E-state index contributed by atoms with van der Waals surface area (Å²) in [5.74, 6) is 0. The maximum atomic E-state index is 10.5. The quantitative estimate of drug-likeness (QED) is 0.765. The molecule has 2 N–H and O–H groups in total. The molecule has 0 aliphatic carbocycles. The first kappa shape index (κ1) is 10.7. The summed E-state index contributed by atoms with van der Waals surface area (Å²) in [5.41, 5.74) is 0.209. The van der Waals surface area contributed by atoms with E-state index in [1.165, 1.54) is 6.20 Å². The number of nitrogens with one attached hydrogen (secondary N) is 1. The minimum atomic E-state index is -1.22. The van der Waals surface area contributed by atoms with Gasteiger partial charge in [0, 0.05) is 16.3 Å². The maximum Gasteiger partial charge on any atom is 0.409 e. The van der Waals surface area contributed by atoms with Crippen LogP contribution in [0.25, 0.3) is 10.1 Å². The monoisotopic (exact) mass is 253 g/mol. The number of amides is 1. The molecule has 0 bridgehead atoms. The summed E-state index contributed by atoms with van der Waals surface area (Å²) in [4.78, 5) is 14.4. The van der Waals surface area contributed by atoms with E-state index in [-0.39, 0.29) is 15.7 Å². The Hall–Kier alpha value is -1.84. The third kappa shape index (κ3) is 1.66. The van der Waals surface area contributed by atoms with Crippen molar-refractivity contribution in [3.63, 3.8) is 0 Å². The topological polar surface area (TPSA) is 86.0 Å². The predicted molar refractivity (Wildman–Crippen MR) is 61.0 cm³/mol. The normalized spacial score (nSPS) is 10.0. The van der Waals surface area contributed by atoms with E-state index in [0.717, 1.165) is 16.0 Å². The zero-order valence-electron chi connectivity index (χ0n) is 7.69. The first-order valence-electron chi connectivity index (χ1n) is 4.10. The number of aromatic nitrogens is 1. The SMILES string of the molecule is N#Cc1c(NC(=O)O)sc2ccnc(Cl)c12. The lowest BCUT2D eigenvalue weighted by Crippen LogP contribution is -2.06. The van der Waals surface area contributed by atoms with E-state index in [4.69, 9.17) is 22.0 Å². The van der Waals surface area contributed by atoms with Gasteiger partial charge in [0.1, 0.15) is 16.2 Å². The zero-order valence-corrected chi connectivity index (χ0v) is 9.26. The number of pyridine rings is 1. The van der Waals surface area contributed by atoms with Gasteiger partial charge in [0.25, 0.3) is 0 Å². The molecule has 0 atom stereocenters. The number of fused-ring (bicyclic) bond motifs is 1. The molecule has 2 heterocycles. The van der Waals surface area contributed by atoms with Crippen molar-refractivity contribution in [3.05, 3.63) is 23.0 Å². The summed E-state index contributed by atoms with van der Waals surface area (Å²) >= 11 is 7.01. The van der Waals surface area contributed by atoms with Gasteiger partial charge in [-0.1, -0.05) is 11.6 Å². The van der Waals surface area contributed by atoms with Crippen molar-refractivity contribution in [3.8, 4) is 6.07 Å². The smallest absolute Gasteiger partial charge is 0.409 e. The predicted octanol–water partition coefficient (Wildman–Crippen LogP) is 2.91. The van der Waals surface area contributed by atoms with Crippen LogP contribution in [0.5, 0.6) is 0 Å². The highest BCUT2D eigenvalue weighted by molar-refractivity contribution is 7.23. The zero-order chi connectivity index (χ0) is 11.7. The van der Waals surface area contributed by atoms with Crippen LogP contribution >= 0.6 is 22.9 Å². The fourth-order valence-corrected chi connectivity index (χ4v) is 2.64. The second-order valence-electron chi connectivity index (χ2n) is 2.82. The van der Waals surface area contributed by atoms with Gasteiger partial charge in [0.2, 0.25) is 0 Å². The number of nitrogens with zero attached hydrogens (tertiary/aromatic N) is 2. The summed E-state index contributed by atoms with van der Waals surface area (Å²) in [7, 11) is 0. The lowest BCUT2D eigenvalue weighted by molar-refractivity contribution is 0.210. The molecule has 5 nitrogen and oxygen atoms in total. The van der Waals surface area contributed by atoms with Gasteiger partial charge in [0.15, 0.2) is 0 Å². The van der Waals surface area contributed by atoms with Crippen molar-refractivity contribution in [1.29, 1.82) is 5.26 Å². The molecule has 0 fully saturated rings. The van der Waals surface area contributed by atoms with Crippen LogP contribution in [0.15, 0.2) is 12.3 Å². The van der Waals surface area contributed by atoms with Gasteiger partial charge in [-0.05, 0) is 6.07 Å². The highest BCUT2D eigenvalue weighted by Gasteiger charge is 2.16. The Morgan fingerprint density at radius 1 is 1.69 bits per heavy atom. The van der Waals surface area contributed by atoms with Gasteiger partial charge in [-0.2, -0.15) is 5.26 Å². The summed E-state index contributed by atoms with van der Waals surface area (Å²) in [5, 5.41) is 20.7. The highest BCUT2D eigenvalue weighted by atomic mass is 35.5. The molecule has 7 heteroatoms. The highest BCUT2D eigenvalue weighted by Crippen LogP contribution is 2.37. The molecular weight excluding hydrogens is 250 g/mol. The lowest BCUT2D eigenvalue weighted by atomic mass is 10.2. The van der Waals surface area contributed by atoms with Gasteiger partial charge in [-0.15, -0.1) is 11.3 Å². The average Bonchev–Trinajstić information content (AvgIpc) is 2.55. The van der Waals surface area contributed by atoms with E-state index in [1.807, 2.05) is 6.07 Å². The molecule has 0 radical (unpaired) electrons. The van der Waals surface area contributed by atoms with E-state index in [2.05, 4.69) is 10.3 Å². The Morgan fingerprint density at radius 2 is 2.44 bits per heavy atom. The van der Waals surface area contributed by atoms with Crippen LogP contribution in [-0.4, -0.2) is 16.2 Å². The summed E-state index contributed by atoms with van der Waals surface area (Å²) in [6.45, 7) is 0. The van der Waals surface area contributed by atoms with E-state index in [9.17, 15) is 4.79 Å². The van der Waals surface area contributed by atoms with Crippen LogP contribution in [0.3, 0.4) is 0 Å². The molecule has 80 valence electrons. The van der Waals surface area contributed by atoms with Gasteiger partial charge in [-0.3, -0.25) is 5.32 Å². The number of carbonyl (C=O) groups is 1. The Bertz CT molecular complexity index is 617. The molecule has 0 saturated carbocycles. The number of hydrogen-bond acceptors (Lipinski definition) is 4. The number of nitriles is 1. The van der Waals surface area contributed by atoms with E-state index in [0.29, 0.717) is 5.39 Å². The fourth-order valence-electron chi connectivity index (χ4n) is 1.30. The Morgan fingerprint density at radius 3 is 3.06 bits per heavy atom. The van der Waals surface area contributed by atoms with Crippen molar-refractivity contribution in [2.45, 2.75) is 0 Å². The standard InChI is InChI=1S/C9H4ClN3O2S/c10-7-6-4(3-11)8(13-9(14)15)16-5(6)1-2-12-7/h1-2,13H,(H,14,15). The van der Waals surface area contributed by atoms with Crippen molar-refractivity contribution in [2.24, 2.45) is 0 Å². The van der Waals surface area contributed by atoms with Crippen molar-refractivity contribution >= 4 is 44.1 Å². The van der Waals surface area contributed by atoms with Crippen LogP contribution in [0.2, 0.25) is 5.15 Å². The molecule has 0 unspecified atom stereocenters. The van der Waals surface area contributed by atoms with E-state index < -0.39 is 6.09 Å². The number of thiophene rings is 1. The van der Waals surface area contributed by atoms with Crippen molar-refractivity contribution in [1.82, 2.24) is 4.98 Å². The molecule has 0 saturated heterocycles. The lowest BCUT2D eigenvalue weighted by Gasteiger charge is -1.95. The van der Waals surface area contributed by atoms with Gasteiger partial charge >= 0.3 is 6.09 Å². The van der Waals surface area contributed by atoms with Crippen LogP contribution < -0.4 is 5.32 Å². The summed E-state index contributed by atoms with van der Waals surface area (Å²) in [6.07, 6.45) is 0.291. The third-order valence-corrected chi connectivity index (χ3v) is 3.24. The average molecular weight is 254 g/mol. The number of hydrogen-bond donors (Lipinski definition) is 2. The van der Waals surface area contributed by atoms with Crippen molar-refractivity contribution in [2.75, 3.05) is 5.32 Å². The molecule has 2 aromatic heterocycles. The van der Waals surface area contributed by atoms with Crippen LogP contribution in [-0.2, 0) is 0 Å². The second-order valence-corrected chi connectivity index (χ2v) is 4.23. The molecule has 1 amide bonds. The minimum absolute atomic E-state index is 0.198. The van der Waals surface area contributed by atoms with Gasteiger partial charge in [0.05, 0.1) is 5.56 Å². The van der Waals surface area contributed by atoms with Gasteiger partial charge in [-0.25, -0.2) is 9.78 Å². The largest absolute Gasteiger partial charge is 0.465 e. The fraction of sp³-hybridized carbons (Fsp3) is 0. The molecule has 0 aromatic carbocycles.